The maximum absolute atomic E-state index is 11.9. The van der Waals surface area contributed by atoms with E-state index in [1.54, 1.807) is 31.4 Å². The Morgan fingerprint density at radius 1 is 1.00 bits per heavy atom. The van der Waals surface area contributed by atoms with Crippen LogP contribution in [0, 0.1) is 0 Å². The molecule has 0 spiro atoms. The Labute approximate surface area is 146 Å². The molecule has 0 aromatic heterocycles. The van der Waals surface area contributed by atoms with Crippen molar-refractivity contribution in [1.29, 1.82) is 0 Å². The number of benzene rings is 2. The molecule has 0 bridgehead atoms. The number of methoxy groups -OCH3 is 1. The second-order valence-electron chi connectivity index (χ2n) is 5.20. The first-order valence-electron chi connectivity index (χ1n) is 7.51. The fourth-order valence-electron chi connectivity index (χ4n) is 1.93. The summed E-state index contributed by atoms with van der Waals surface area (Å²) >= 11 is 5.79. The fourth-order valence-corrected chi connectivity index (χ4v) is 2.06. The molecule has 0 radical (unpaired) electrons. The maximum atomic E-state index is 11.9. The number of ether oxygens (including phenoxy) is 3. The minimum atomic E-state index is -0.212. The normalized spacial score (nSPS) is 11.5. The number of hydrogen-bond donors (Lipinski definition) is 1. The van der Waals surface area contributed by atoms with E-state index in [1.807, 2.05) is 31.2 Å². The van der Waals surface area contributed by atoms with Crippen LogP contribution in [-0.2, 0) is 4.79 Å². The minimum absolute atomic E-state index is 0.0610. The first-order valence-corrected chi connectivity index (χ1v) is 7.89. The Kier molecular flexibility index (Phi) is 6.75. The van der Waals surface area contributed by atoms with Crippen molar-refractivity contribution in [2.24, 2.45) is 0 Å². The Bertz CT molecular complexity index is 643. The molecule has 0 aliphatic rings. The number of halogens is 1. The lowest BCUT2D eigenvalue weighted by atomic mass is 10.3. The molecule has 0 unspecified atom stereocenters. The summed E-state index contributed by atoms with van der Waals surface area (Å²) in [6.45, 7) is 2.16. The van der Waals surface area contributed by atoms with Crippen molar-refractivity contribution in [2.45, 2.75) is 13.0 Å². The van der Waals surface area contributed by atoms with Crippen LogP contribution in [-0.4, -0.2) is 32.3 Å². The molecule has 2 rings (SSSR count). The largest absolute Gasteiger partial charge is 0.497 e. The second kappa shape index (κ2) is 9.03. The van der Waals surface area contributed by atoms with Gasteiger partial charge in [0.1, 0.15) is 23.9 Å². The van der Waals surface area contributed by atoms with E-state index in [0.717, 1.165) is 5.75 Å². The summed E-state index contributed by atoms with van der Waals surface area (Å²) in [5, 5.41) is 3.44. The molecule has 1 N–H and O–H groups in total. The lowest BCUT2D eigenvalue weighted by molar-refractivity contribution is -0.123. The van der Waals surface area contributed by atoms with Crippen LogP contribution in [0.2, 0.25) is 5.02 Å². The molecule has 128 valence electrons. The summed E-state index contributed by atoms with van der Waals surface area (Å²) < 4.78 is 16.1. The van der Waals surface area contributed by atoms with Gasteiger partial charge in [0.05, 0.1) is 13.2 Å². The third-order valence-corrected chi connectivity index (χ3v) is 3.40. The average Bonchev–Trinajstić information content (AvgIpc) is 2.60. The minimum Gasteiger partial charge on any atom is -0.497 e. The Morgan fingerprint density at radius 2 is 1.54 bits per heavy atom. The summed E-state index contributed by atoms with van der Waals surface area (Å²) in [4.78, 5) is 11.9. The highest BCUT2D eigenvalue weighted by molar-refractivity contribution is 6.30. The van der Waals surface area contributed by atoms with Gasteiger partial charge in [0.2, 0.25) is 0 Å². The van der Waals surface area contributed by atoms with Crippen molar-refractivity contribution < 1.29 is 19.0 Å². The molecule has 0 aliphatic heterocycles. The standard InChI is InChI=1S/C18H20ClNO4/c1-13(11-23-17-9-7-15(22-2)8-10-17)20-18(21)12-24-16-5-3-14(19)4-6-16/h3-10,13H,11-12H2,1-2H3,(H,20,21)/t13-/m0/s1. The van der Waals surface area contributed by atoms with Gasteiger partial charge in [0.25, 0.3) is 5.91 Å². The zero-order chi connectivity index (χ0) is 17.4. The predicted octanol–water partition coefficient (Wildman–Crippen LogP) is 3.31. The molecule has 0 saturated carbocycles. The van der Waals surface area contributed by atoms with Gasteiger partial charge in [-0.05, 0) is 55.5 Å². The molecule has 0 aliphatic carbocycles. The van der Waals surface area contributed by atoms with Gasteiger partial charge in [-0.3, -0.25) is 4.79 Å². The molecular formula is C18H20ClNO4. The number of nitrogens with one attached hydrogen (secondary N) is 1. The molecule has 0 fully saturated rings. The summed E-state index contributed by atoms with van der Waals surface area (Å²) in [7, 11) is 1.61. The molecule has 1 amide bonds. The van der Waals surface area contributed by atoms with Gasteiger partial charge in [0.15, 0.2) is 6.61 Å². The molecule has 0 heterocycles. The third-order valence-electron chi connectivity index (χ3n) is 3.15. The van der Waals surface area contributed by atoms with E-state index in [2.05, 4.69) is 5.32 Å². The van der Waals surface area contributed by atoms with Crippen LogP contribution in [0.25, 0.3) is 0 Å². The van der Waals surface area contributed by atoms with Crippen LogP contribution < -0.4 is 19.5 Å². The summed E-state index contributed by atoms with van der Waals surface area (Å²) in [6.07, 6.45) is 0. The number of carbonyl (C=O) groups excluding carboxylic acids is 1. The quantitative estimate of drug-likeness (QED) is 0.794. The summed E-state index contributed by atoms with van der Waals surface area (Å²) in [5.41, 5.74) is 0. The van der Waals surface area contributed by atoms with Crippen LogP contribution >= 0.6 is 11.6 Å². The zero-order valence-electron chi connectivity index (χ0n) is 13.6. The first kappa shape index (κ1) is 17.9. The number of hydrogen-bond acceptors (Lipinski definition) is 4. The lowest BCUT2D eigenvalue weighted by Gasteiger charge is -2.15. The topological polar surface area (TPSA) is 56.8 Å². The van der Waals surface area contributed by atoms with Gasteiger partial charge in [0, 0.05) is 5.02 Å². The van der Waals surface area contributed by atoms with Crippen LogP contribution in [0.1, 0.15) is 6.92 Å². The van der Waals surface area contributed by atoms with Crippen molar-refractivity contribution in [3.05, 3.63) is 53.6 Å². The monoisotopic (exact) mass is 349 g/mol. The molecular weight excluding hydrogens is 330 g/mol. The molecule has 2 aromatic rings. The van der Waals surface area contributed by atoms with Crippen LogP contribution in [0.3, 0.4) is 0 Å². The smallest absolute Gasteiger partial charge is 0.258 e. The molecule has 2 aromatic carbocycles. The van der Waals surface area contributed by atoms with Gasteiger partial charge in [-0.15, -0.1) is 0 Å². The predicted molar refractivity (Wildman–Crippen MR) is 93.0 cm³/mol. The molecule has 24 heavy (non-hydrogen) atoms. The van der Waals surface area contributed by atoms with E-state index in [0.29, 0.717) is 23.1 Å². The Hall–Kier alpha value is -2.40. The van der Waals surface area contributed by atoms with Crippen LogP contribution in [0.4, 0.5) is 0 Å². The highest BCUT2D eigenvalue weighted by Gasteiger charge is 2.09. The Morgan fingerprint density at radius 3 is 2.17 bits per heavy atom. The van der Waals surface area contributed by atoms with Gasteiger partial charge in [-0.1, -0.05) is 11.6 Å². The van der Waals surface area contributed by atoms with E-state index < -0.39 is 0 Å². The summed E-state index contributed by atoms with van der Waals surface area (Å²) in [6, 6.07) is 14.0. The molecule has 6 heteroatoms. The van der Waals surface area contributed by atoms with E-state index in [4.69, 9.17) is 25.8 Å². The number of carbonyl (C=O) groups is 1. The summed E-state index contributed by atoms with van der Waals surface area (Å²) in [5.74, 6) is 1.87. The van der Waals surface area contributed by atoms with Crippen molar-refractivity contribution in [1.82, 2.24) is 5.32 Å². The zero-order valence-corrected chi connectivity index (χ0v) is 14.4. The van der Waals surface area contributed by atoms with E-state index in [1.165, 1.54) is 0 Å². The molecule has 5 nitrogen and oxygen atoms in total. The highest BCUT2D eigenvalue weighted by atomic mass is 35.5. The van der Waals surface area contributed by atoms with Crippen molar-refractivity contribution in [3.8, 4) is 17.2 Å². The van der Waals surface area contributed by atoms with Crippen molar-refractivity contribution in [3.63, 3.8) is 0 Å². The van der Waals surface area contributed by atoms with Gasteiger partial charge in [-0.25, -0.2) is 0 Å². The Balaban J connectivity index is 1.69. The van der Waals surface area contributed by atoms with Crippen LogP contribution in [0.5, 0.6) is 17.2 Å². The van der Waals surface area contributed by atoms with Gasteiger partial charge >= 0.3 is 0 Å². The number of amides is 1. The SMILES string of the molecule is COc1ccc(OC[C@H](C)NC(=O)COc2ccc(Cl)cc2)cc1. The van der Waals surface area contributed by atoms with E-state index in [-0.39, 0.29) is 18.6 Å². The van der Waals surface area contributed by atoms with E-state index in [9.17, 15) is 4.79 Å². The van der Waals surface area contributed by atoms with Gasteiger partial charge in [-0.2, -0.15) is 0 Å². The van der Waals surface area contributed by atoms with Gasteiger partial charge < -0.3 is 19.5 Å². The molecule has 1 atom stereocenters. The van der Waals surface area contributed by atoms with Crippen molar-refractivity contribution in [2.75, 3.05) is 20.3 Å². The van der Waals surface area contributed by atoms with Crippen LogP contribution in [0.15, 0.2) is 48.5 Å². The first-order chi connectivity index (χ1) is 11.6. The fraction of sp³-hybridized carbons (Fsp3) is 0.278. The highest BCUT2D eigenvalue weighted by Crippen LogP contribution is 2.17. The maximum Gasteiger partial charge on any atom is 0.258 e. The molecule has 0 saturated heterocycles. The second-order valence-corrected chi connectivity index (χ2v) is 5.63. The average molecular weight is 350 g/mol. The lowest BCUT2D eigenvalue weighted by Crippen LogP contribution is -2.39. The van der Waals surface area contributed by atoms with Crippen molar-refractivity contribution >= 4 is 17.5 Å². The number of rotatable bonds is 8. The van der Waals surface area contributed by atoms with E-state index >= 15 is 0 Å². The third kappa shape index (κ3) is 6.01.